The molecule has 2 fully saturated rings. The highest BCUT2D eigenvalue weighted by atomic mass is 32.1. The first-order chi connectivity index (χ1) is 27.4. The van der Waals surface area contributed by atoms with Gasteiger partial charge in [-0.05, 0) is 72.6 Å². The molecular formula is C41H47N9O6S. The van der Waals surface area contributed by atoms with E-state index >= 15 is 0 Å². The second kappa shape index (κ2) is 15.3. The number of thiophene rings is 1. The van der Waals surface area contributed by atoms with Crippen LogP contribution < -0.4 is 10.6 Å². The van der Waals surface area contributed by atoms with Crippen LogP contribution in [0.25, 0.3) is 53.5 Å². The van der Waals surface area contributed by atoms with Crippen LogP contribution >= 0.6 is 11.3 Å². The van der Waals surface area contributed by atoms with Crippen molar-refractivity contribution in [2.45, 2.75) is 77.5 Å². The topological polar surface area (TPSA) is 188 Å². The minimum atomic E-state index is -0.717. The molecule has 2 aromatic carbocycles. The number of carbonyl (C=O) groups is 4. The number of ether oxygens (including phenoxy) is 2. The number of hydrogen-bond donors (Lipinski definition) is 4. The summed E-state index contributed by atoms with van der Waals surface area (Å²) in [7, 11) is 2.58. The third kappa shape index (κ3) is 7.00. The van der Waals surface area contributed by atoms with Crippen LogP contribution in [-0.4, -0.2) is 98.1 Å². The lowest BCUT2D eigenvalue weighted by Gasteiger charge is -2.29. The number of aromatic amines is 2. The molecule has 298 valence electrons. The fraction of sp³-hybridized carbons (Fsp3) is 0.439. The van der Waals surface area contributed by atoms with E-state index in [4.69, 9.17) is 24.4 Å². The lowest BCUT2D eigenvalue weighted by atomic mass is 10.0. The van der Waals surface area contributed by atoms with Gasteiger partial charge in [0, 0.05) is 24.7 Å². The Morgan fingerprint density at radius 1 is 0.789 bits per heavy atom. The van der Waals surface area contributed by atoms with Crippen LogP contribution in [-0.2, 0) is 19.1 Å². The molecule has 6 heterocycles. The summed E-state index contributed by atoms with van der Waals surface area (Å²) in [6.07, 6.45) is 3.86. The van der Waals surface area contributed by atoms with E-state index in [2.05, 4.69) is 38.8 Å². The third-order valence-electron chi connectivity index (χ3n) is 11.3. The van der Waals surface area contributed by atoms with Crippen LogP contribution in [0.4, 0.5) is 9.59 Å². The van der Waals surface area contributed by atoms with E-state index in [9.17, 15) is 19.2 Å². The fourth-order valence-corrected chi connectivity index (χ4v) is 9.38. The Morgan fingerprint density at radius 2 is 1.42 bits per heavy atom. The number of hydrogen-bond acceptors (Lipinski definition) is 10. The summed E-state index contributed by atoms with van der Waals surface area (Å²) in [5.74, 6) is 0.780. The van der Waals surface area contributed by atoms with E-state index in [1.54, 1.807) is 16.2 Å². The summed E-state index contributed by atoms with van der Waals surface area (Å²) >= 11 is 1.65. The standard InChI is InChI=1S/C41H47N9O6S/c1-20(2)31(47-40(53)55-5)38(51)49-15-7-9-28(49)36-43-25-13-11-22-17-27(42-19-24(22)33(25)45-36)30-18-23-12-14-26-34(35(23)57-30)46-37(44-26)29-10-8-16-50(29)39(52)32(21(3)4)48-41(54)56-6/h11-14,17-21,28-29,31-32,42H,7-10,15-16H2,1-6H3,(H,44,46)(H,47,53)(H,48,54)/t28-,29-,31-,32-/m0/s1. The van der Waals surface area contributed by atoms with E-state index in [1.807, 2.05) is 57.0 Å². The number of methoxy groups -OCH3 is 2. The summed E-state index contributed by atoms with van der Waals surface area (Å²) in [5.41, 5.74) is 4.22. The monoisotopic (exact) mass is 793 g/mol. The predicted octanol–water partition coefficient (Wildman–Crippen LogP) is 6.96. The number of nitrogens with zero attached hydrogens (tertiary/aromatic N) is 5. The summed E-state index contributed by atoms with van der Waals surface area (Å²) in [5, 5.41) is 8.41. The number of benzene rings is 2. The van der Waals surface area contributed by atoms with Crippen LogP contribution in [0.5, 0.6) is 0 Å². The van der Waals surface area contributed by atoms with Crippen molar-refractivity contribution in [3.05, 3.63) is 54.2 Å². The maximum Gasteiger partial charge on any atom is 0.407 e. The molecule has 15 nitrogen and oxygen atoms in total. The maximum absolute atomic E-state index is 13.7. The maximum atomic E-state index is 13.7. The number of fused-ring (bicyclic) bond motifs is 6. The Kier molecular flexibility index (Phi) is 10.2. The first-order valence-electron chi connectivity index (χ1n) is 19.5. The second-order valence-corrected chi connectivity index (χ2v) is 16.6. The van der Waals surface area contributed by atoms with Crippen LogP contribution in [0.2, 0.25) is 0 Å². The fourth-order valence-electron chi connectivity index (χ4n) is 8.25. The van der Waals surface area contributed by atoms with Crippen molar-refractivity contribution in [3.8, 4) is 10.6 Å². The van der Waals surface area contributed by atoms with Gasteiger partial charge in [-0.1, -0.05) is 39.8 Å². The molecule has 2 aliphatic heterocycles. The molecule has 0 unspecified atom stereocenters. The number of rotatable bonds is 9. The van der Waals surface area contributed by atoms with Gasteiger partial charge in [0.2, 0.25) is 11.8 Å². The molecule has 8 rings (SSSR count). The summed E-state index contributed by atoms with van der Waals surface area (Å²) < 4.78 is 10.6. The van der Waals surface area contributed by atoms with Gasteiger partial charge in [0.15, 0.2) is 5.82 Å². The largest absolute Gasteiger partial charge is 0.453 e. The Hall–Kier alpha value is -5.77. The molecule has 0 saturated carbocycles. The molecule has 4 aromatic heterocycles. The summed E-state index contributed by atoms with van der Waals surface area (Å²) in [6, 6.07) is 10.5. The number of nitrogens with one attached hydrogen (secondary N) is 4. The van der Waals surface area contributed by atoms with E-state index < -0.39 is 24.3 Å². The Labute approximate surface area is 332 Å². The van der Waals surface area contributed by atoms with Crippen molar-refractivity contribution in [2.75, 3.05) is 27.3 Å². The zero-order valence-electron chi connectivity index (χ0n) is 32.8. The minimum Gasteiger partial charge on any atom is -0.453 e. The second-order valence-electron chi connectivity index (χ2n) is 15.6. The van der Waals surface area contributed by atoms with Gasteiger partial charge in [-0.15, -0.1) is 11.3 Å². The molecule has 0 bridgehead atoms. The number of imidazole rings is 2. The van der Waals surface area contributed by atoms with Crippen LogP contribution in [0.3, 0.4) is 0 Å². The minimum absolute atomic E-state index is 0.118. The van der Waals surface area contributed by atoms with Crippen LogP contribution in [0.15, 0.2) is 42.6 Å². The molecule has 4 N–H and O–H groups in total. The predicted molar refractivity (Wildman–Crippen MR) is 218 cm³/mol. The smallest absolute Gasteiger partial charge is 0.407 e. The van der Waals surface area contributed by atoms with Gasteiger partial charge in [0.25, 0.3) is 0 Å². The Morgan fingerprint density at radius 3 is 2.07 bits per heavy atom. The summed E-state index contributed by atoms with van der Waals surface area (Å²) in [4.78, 5) is 78.2. The number of aromatic nitrogens is 5. The van der Waals surface area contributed by atoms with Crippen molar-refractivity contribution in [2.24, 2.45) is 11.8 Å². The molecule has 6 aromatic rings. The number of carbonyl (C=O) groups excluding carboxylic acids is 4. The zero-order valence-corrected chi connectivity index (χ0v) is 33.7. The quantitative estimate of drug-likeness (QED) is 0.120. The first-order valence-corrected chi connectivity index (χ1v) is 20.3. The molecular weight excluding hydrogens is 747 g/mol. The van der Waals surface area contributed by atoms with Crippen molar-refractivity contribution in [1.82, 2.24) is 45.4 Å². The van der Waals surface area contributed by atoms with E-state index in [0.29, 0.717) is 18.9 Å². The van der Waals surface area contributed by atoms with Crippen LogP contribution in [0, 0.1) is 11.8 Å². The van der Waals surface area contributed by atoms with Crippen molar-refractivity contribution in [3.63, 3.8) is 0 Å². The highest BCUT2D eigenvalue weighted by Gasteiger charge is 2.39. The van der Waals surface area contributed by atoms with Gasteiger partial charge in [0.1, 0.15) is 28.9 Å². The highest BCUT2D eigenvalue weighted by Crippen LogP contribution is 2.40. The molecule has 2 saturated heterocycles. The normalized spacial score (nSPS) is 18.3. The molecule has 57 heavy (non-hydrogen) atoms. The van der Waals surface area contributed by atoms with E-state index in [1.165, 1.54) is 14.2 Å². The first kappa shape index (κ1) is 38.1. The number of alkyl carbamates (subject to hydrolysis) is 2. The van der Waals surface area contributed by atoms with Gasteiger partial charge in [-0.2, -0.15) is 0 Å². The molecule has 4 amide bonds. The van der Waals surface area contributed by atoms with Gasteiger partial charge in [-0.25, -0.2) is 24.5 Å². The molecule has 0 aliphatic carbocycles. The highest BCUT2D eigenvalue weighted by molar-refractivity contribution is 7.23. The lowest BCUT2D eigenvalue weighted by molar-refractivity contribution is -0.136. The number of likely N-dealkylation sites (tertiary alicyclic amines) is 2. The van der Waals surface area contributed by atoms with Gasteiger partial charge in [0.05, 0.1) is 52.6 Å². The molecule has 0 spiro atoms. The lowest BCUT2D eigenvalue weighted by Crippen LogP contribution is -2.51. The number of amides is 4. The van der Waals surface area contributed by atoms with Crippen molar-refractivity contribution >= 4 is 78.3 Å². The average molecular weight is 794 g/mol. The van der Waals surface area contributed by atoms with Crippen LogP contribution in [0.1, 0.15) is 77.1 Å². The summed E-state index contributed by atoms with van der Waals surface area (Å²) in [6.45, 7) is 8.75. The van der Waals surface area contributed by atoms with Gasteiger partial charge >= 0.3 is 12.2 Å². The molecule has 0 radical (unpaired) electrons. The average Bonchev–Trinajstić information content (AvgIpc) is 4.05. The van der Waals surface area contributed by atoms with Gasteiger partial charge in [-0.3, -0.25) is 9.59 Å². The molecule has 16 heteroatoms. The van der Waals surface area contributed by atoms with E-state index in [0.717, 1.165) is 85.0 Å². The van der Waals surface area contributed by atoms with E-state index in [-0.39, 0.29) is 35.7 Å². The molecule has 2 aliphatic rings. The zero-order chi connectivity index (χ0) is 40.1. The Balaban J connectivity index is 1.06. The number of H-pyrrole nitrogens is 2. The SMILES string of the molecule is COC(=O)N[C@H](C(=O)N1CCC[C@H]1c1nc2ccc3cc(-c4cc5ccc6[nH]c([C@@H]7CCCN7C(=O)[C@@H](NC(=O)OC)C(C)C)nc6c5s4)[nH]cc3c2n1)C(C)C. The third-order valence-corrected chi connectivity index (χ3v) is 12.4. The molecule has 4 atom stereocenters. The van der Waals surface area contributed by atoms with Crippen molar-refractivity contribution in [1.29, 1.82) is 0 Å². The van der Waals surface area contributed by atoms with Gasteiger partial charge < -0.3 is 39.9 Å². The Bertz CT molecular complexity index is 2520. The number of pyridine rings is 1. The van der Waals surface area contributed by atoms with Crippen molar-refractivity contribution < 1.29 is 28.7 Å².